The summed E-state index contributed by atoms with van der Waals surface area (Å²) in [4.78, 5) is 24.6. The third-order valence-corrected chi connectivity index (χ3v) is 6.24. The summed E-state index contributed by atoms with van der Waals surface area (Å²) in [5.41, 5.74) is 5.93. The van der Waals surface area contributed by atoms with Gasteiger partial charge in [-0.2, -0.15) is 0 Å². The van der Waals surface area contributed by atoms with Crippen LogP contribution < -0.4 is 15.4 Å². The minimum absolute atomic E-state index is 0.0617. The van der Waals surface area contributed by atoms with E-state index in [2.05, 4.69) is 14.9 Å². The van der Waals surface area contributed by atoms with Gasteiger partial charge >= 0.3 is 6.09 Å². The zero-order valence-electron chi connectivity index (χ0n) is 21.4. The Morgan fingerprint density at radius 1 is 1.08 bits per heavy atom. The van der Waals surface area contributed by atoms with Crippen LogP contribution in [0.2, 0.25) is 0 Å². The maximum atomic E-state index is 12.0. The summed E-state index contributed by atoms with van der Waals surface area (Å²) in [7, 11) is 0. The highest BCUT2D eigenvalue weighted by atomic mass is 19.2. The molecule has 11 heteroatoms. The van der Waals surface area contributed by atoms with Gasteiger partial charge in [0.2, 0.25) is 5.95 Å². The highest BCUT2D eigenvalue weighted by molar-refractivity contribution is 5.67. The Morgan fingerprint density at radius 2 is 1.78 bits per heavy atom. The third kappa shape index (κ3) is 9.38. The molecule has 2 aliphatic rings. The summed E-state index contributed by atoms with van der Waals surface area (Å²) in [5.74, 6) is -0.883. The van der Waals surface area contributed by atoms with E-state index in [9.17, 15) is 18.0 Å². The molecule has 2 saturated heterocycles. The summed E-state index contributed by atoms with van der Waals surface area (Å²) in [6.45, 7) is 7.71. The molecule has 1 aromatic heterocycles. The third-order valence-electron chi connectivity index (χ3n) is 6.24. The Balaban J connectivity index is 0.000000356. The Hall–Kier alpha value is -3.08. The van der Waals surface area contributed by atoms with Gasteiger partial charge in [-0.05, 0) is 64.0 Å². The molecule has 1 unspecified atom stereocenters. The normalized spacial score (nSPS) is 18.0. The van der Waals surface area contributed by atoms with Gasteiger partial charge in [0.15, 0.2) is 17.4 Å². The van der Waals surface area contributed by atoms with Crippen LogP contribution in [0.5, 0.6) is 5.75 Å². The van der Waals surface area contributed by atoms with Crippen LogP contribution in [-0.2, 0) is 4.74 Å². The summed E-state index contributed by atoms with van der Waals surface area (Å²) >= 11 is 0. The second kappa shape index (κ2) is 14.0. The van der Waals surface area contributed by atoms with Crippen molar-refractivity contribution in [3.05, 3.63) is 48.0 Å². The van der Waals surface area contributed by atoms with Crippen LogP contribution >= 0.6 is 0 Å². The zero-order chi connectivity index (χ0) is 26.8. The number of piperidine rings is 1. The van der Waals surface area contributed by atoms with Gasteiger partial charge < -0.3 is 25.0 Å². The second-order valence-corrected chi connectivity index (χ2v) is 9.63. The average molecular weight is 524 g/mol. The van der Waals surface area contributed by atoms with E-state index < -0.39 is 17.5 Å². The van der Waals surface area contributed by atoms with Crippen molar-refractivity contribution >= 4 is 12.0 Å². The highest BCUT2D eigenvalue weighted by Gasteiger charge is 2.24. The van der Waals surface area contributed by atoms with E-state index in [0.29, 0.717) is 24.3 Å². The number of likely N-dealkylation sites (tertiary alicyclic amines) is 1. The lowest BCUT2D eigenvalue weighted by Gasteiger charge is -2.31. The number of carbonyl (C=O) groups is 1. The van der Waals surface area contributed by atoms with E-state index in [4.69, 9.17) is 15.2 Å². The monoisotopic (exact) mass is 523 g/mol. The summed E-state index contributed by atoms with van der Waals surface area (Å²) in [6.07, 6.45) is 8.38. The first-order chi connectivity index (χ1) is 17.7. The number of hydrogen-bond acceptors (Lipinski definition) is 7. The fourth-order valence-corrected chi connectivity index (χ4v) is 4.23. The number of anilines is 1. The molecule has 2 aromatic rings. The van der Waals surface area contributed by atoms with Crippen molar-refractivity contribution in [1.29, 1.82) is 0 Å². The number of rotatable bonds is 7. The SMILES string of the molecule is CC(C)OC(=O)N1CCC(CCCOc2cnc(N3CCC(N)C3)nc2)CC1.Fc1ccc(F)c(F)c1. The summed E-state index contributed by atoms with van der Waals surface area (Å²) < 4.78 is 46.9. The molecule has 37 heavy (non-hydrogen) atoms. The van der Waals surface area contributed by atoms with Gasteiger partial charge in [-0.3, -0.25) is 0 Å². The number of carbonyl (C=O) groups excluding carboxylic acids is 1. The van der Waals surface area contributed by atoms with E-state index in [-0.39, 0.29) is 18.2 Å². The van der Waals surface area contributed by atoms with Crippen LogP contribution in [0.3, 0.4) is 0 Å². The van der Waals surface area contributed by atoms with Crippen LogP contribution in [0.15, 0.2) is 30.6 Å². The van der Waals surface area contributed by atoms with Crippen molar-refractivity contribution in [3.63, 3.8) is 0 Å². The van der Waals surface area contributed by atoms with E-state index >= 15 is 0 Å². The molecule has 0 spiro atoms. The second-order valence-electron chi connectivity index (χ2n) is 9.63. The maximum absolute atomic E-state index is 12.0. The number of amides is 1. The summed E-state index contributed by atoms with van der Waals surface area (Å²) in [5, 5.41) is 0. The number of nitrogens with zero attached hydrogens (tertiary/aromatic N) is 4. The lowest BCUT2D eigenvalue weighted by Crippen LogP contribution is -2.39. The molecule has 0 saturated carbocycles. The predicted octanol–water partition coefficient (Wildman–Crippen LogP) is 4.53. The Morgan fingerprint density at radius 3 is 2.35 bits per heavy atom. The van der Waals surface area contributed by atoms with Gasteiger partial charge in [0, 0.05) is 38.3 Å². The molecule has 204 valence electrons. The molecule has 2 fully saturated rings. The van der Waals surface area contributed by atoms with Gasteiger partial charge in [-0.15, -0.1) is 0 Å². The van der Waals surface area contributed by atoms with Crippen molar-refractivity contribution in [2.75, 3.05) is 37.7 Å². The number of nitrogens with two attached hydrogens (primary N) is 1. The molecule has 2 N–H and O–H groups in total. The first kappa shape index (κ1) is 28.5. The summed E-state index contributed by atoms with van der Waals surface area (Å²) in [6, 6.07) is 2.31. The van der Waals surface area contributed by atoms with Crippen LogP contribution in [0, 0.1) is 23.4 Å². The van der Waals surface area contributed by atoms with Crippen molar-refractivity contribution in [1.82, 2.24) is 14.9 Å². The largest absolute Gasteiger partial charge is 0.490 e. The topological polar surface area (TPSA) is 93.8 Å². The van der Waals surface area contributed by atoms with E-state index in [1.54, 1.807) is 12.4 Å². The van der Waals surface area contributed by atoms with Crippen molar-refractivity contribution in [2.24, 2.45) is 11.7 Å². The van der Waals surface area contributed by atoms with E-state index in [1.165, 1.54) is 0 Å². The average Bonchev–Trinajstić information content (AvgIpc) is 3.31. The number of hydrogen-bond donors (Lipinski definition) is 1. The molecule has 8 nitrogen and oxygen atoms in total. The molecule has 1 aromatic carbocycles. The smallest absolute Gasteiger partial charge is 0.410 e. The Bertz CT molecular complexity index is 988. The van der Waals surface area contributed by atoms with Gasteiger partial charge in [-0.25, -0.2) is 27.9 Å². The molecule has 1 atom stereocenters. The quantitative estimate of drug-likeness (QED) is 0.421. The standard InChI is InChI=1S/C20H33N5O3.C6H3F3/c1-15(2)28-20(26)24-8-5-16(6-9-24)4-3-11-27-18-12-22-19(23-13-18)25-10-7-17(21)14-25;7-4-1-2-5(8)6(9)3-4/h12-13,15-17H,3-11,14,21H2,1-2H3;1-3H. The molecular formula is C26H36F3N5O3. The van der Waals surface area contributed by atoms with Crippen molar-refractivity contribution < 1.29 is 27.4 Å². The Labute approximate surface area is 216 Å². The molecule has 3 heterocycles. The van der Waals surface area contributed by atoms with E-state index in [1.807, 2.05) is 18.7 Å². The van der Waals surface area contributed by atoms with Crippen LogP contribution in [0.4, 0.5) is 23.9 Å². The number of aromatic nitrogens is 2. The van der Waals surface area contributed by atoms with Crippen molar-refractivity contribution in [3.8, 4) is 5.75 Å². The first-order valence-corrected chi connectivity index (χ1v) is 12.7. The predicted molar refractivity (Wildman–Crippen MR) is 134 cm³/mol. The lowest BCUT2D eigenvalue weighted by atomic mass is 9.92. The number of halogens is 3. The van der Waals surface area contributed by atoms with Crippen LogP contribution in [-0.4, -0.2) is 65.9 Å². The fraction of sp³-hybridized carbons (Fsp3) is 0.577. The maximum Gasteiger partial charge on any atom is 0.410 e. The zero-order valence-corrected chi connectivity index (χ0v) is 21.4. The first-order valence-electron chi connectivity index (χ1n) is 12.7. The molecule has 0 bridgehead atoms. The van der Waals surface area contributed by atoms with Gasteiger partial charge in [0.1, 0.15) is 5.82 Å². The van der Waals surface area contributed by atoms with Crippen LogP contribution in [0.1, 0.15) is 46.0 Å². The van der Waals surface area contributed by atoms with Gasteiger partial charge in [-0.1, -0.05) is 0 Å². The molecule has 0 radical (unpaired) electrons. The number of ether oxygens (including phenoxy) is 2. The number of benzene rings is 1. The van der Waals surface area contributed by atoms with Crippen LogP contribution in [0.25, 0.3) is 0 Å². The minimum atomic E-state index is -1.16. The highest BCUT2D eigenvalue weighted by Crippen LogP contribution is 2.23. The fourth-order valence-electron chi connectivity index (χ4n) is 4.23. The molecule has 2 aliphatic heterocycles. The molecule has 4 rings (SSSR count). The van der Waals surface area contributed by atoms with E-state index in [0.717, 1.165) is 76.4 Å². The van der Waals surface area contributed by atoms with Gasteiger partial charge in [0.25, 0.3) is 0 Å². The lowest BCUT2D eigenvalue weighted by molar-refractivity contribution is 0.0643. The van der Waals surface area contributed by atoms with Gasteiger partial charge in [0.05, 0.1) is 25.1 Å². The minimum Gasteiger partial charge on any atom is -0.490 e. The Kier molecular flexibility index (Phi) is 10.8. The molecular weight excluding hydrogens is 487 g/mol. The molecule has 1 amide bonds. The van der Waals surface area contributed by atoms with Crippen molar-refractivity contribution in [2.45, 2.75) is 58.1 Å². The molecule has 0 aliphatic carbocycles.